The Morgan fingerprint density at radius 3 is 0.500 bits per heavy atom. The zero-order valence-corrected chi connectivity index (χ0v) is 12.8. The molecule has 0 aromatic heterocycles. The Labute approximate surface area is 154 Å². The molecule has 0 fully saturated rings. The quantitative estimate of drug-likeness (QED) is 0.294. The molecule has 0 aliphatic rings. The summed E-state index contributed by atoms with van der Waals surface area (Å²) in [5.41, 5.74) is 0. The fraction of sp³-hybridized carbons (Fsp3) is 0. The van der Waals surface area contributed by atoms with Crippen LogP contribution in [0.25, 0.3) is 0 Å². The molecule has 4 heteroatoms. The minimum atomic E-state index is 0. The fourth-order valence-corrected chi connectivity index (χ4v) is 0. The van der Waals surface area contributed by atoms with E-state index in [9.17, 15) is 0 Å². The van der Waals surface area contributed by atoms with E-state index >= 15 is 0 Å². The first-order chi connectivity index (χ1) is 0. The van der Waals surface area contributed by atoms with Crippen LogP contribution in [0.5, 0.6) is 0 Å². The maximum absolute atomic E-state index is 0. The third-order valence-electron chi connectivity index (χ3n) is 0. The van der Waals surface area contributed by atoms with Gasteiger partial charge in [-0.05, 0) is 0 Å². The molecule has 1 nitrogen and oxygen atoms in total. The average Bonchev–Trinajstić information content (AvgIpc) is 0. The molecule has 0 aromatic rings. The van der Waals surface area contributed by atoms with Crippen LogP contribution in [-0.2, 0) is 5.48 Å². The molecule has 0 saturated carbocycles. The third kappa shape index (κ3) is 9.98. The first kappa shape index (κ1) is 23.2. The summed E-state index contributed by atoms with van der Waals surface area (Å²) in [6, 6.07) is 0. The summed E-state index contributed by atoms with van der Waals surface area (Å²) in [4.78, 5) is 0. The number of hydrogen-bond donors (Lipinski definition) is 0. The second-order valence-electron chi connectivity index (χ2n) is 0. The Morgan fingerprint density at radius 1 is 0.500 bits per heavy atom. The van der Waals surface area contributed by atoms with Gasteiger partial charge in [0.2, 0.25) is 0 Å². The Hall–Kier alpha value is 4.87. The third-order valence-corrected chi connectivity index (χ3v) is 0. The minimum absolute atomic E-state index is 0. The van der Waals surface area contributed by atoms with Gasteiger partial charge in [0.05, 0.1) is 0 Å². The summed E-state index contributed by atoms with van der Waals surface area (Å²) >= 11 is 0. The molecule has 0 spiro atoms. The molecular weight excluding hydrogens is 133 g/mol. The summed E-state index contributed by atoms with van der Waals surface area (Å²) in [5.74, 6) is 0. The summed E-state index contributed by atoms with van der Waals surface area (Å²) in [7, 11) is 0. The Kier molecular flexibility index (Phi) is 90.7. The smallest absolute Gasteiger partial charge is 1.00 e. The van der Waals surface area contributed by atoms with Crippen LogP contribution < -0.4 is 154 Å². The van der Waals surface area contributed by atoms with Crippen molar-refractivity contribution in [1.82, 2.24) is 0 Å². The zero-order valence-electron chi connectivity index (χ0n) is 3.41. The van der Waals surface area contributed by atoms with Gasteiger partial charge in [0.25, 0.3) is 0 Å². The van der Waals surface area contributed by atoms with Gasteiger partial charge in [0.1, 0.15) is 0 Å². The zero-order chi connectivity index (χ0) is 0. The predicted molar refractivity (Wildman–Crippen MR) is 0.686 cm³/mol. The van der Waals surface area contributed by atoms with Crippen molar-refractivity contribution in [2.24, 2.45) is 0 Å². The van der Waals surface area contributed by atoms with E-state index in [1.807, 2.05) is 0 Å². The van der Waals surface area contributed by atoms with Crippen LogP contribution >= 0.6 is 0 Å². The second kappa shape index (κ2) is 15.7. The fourth-order valence-electron chi connectivity index (χ4n) is 0. The van der Waals surface area contributed by atoms with Crippen molar-refractivity contribution in [2.45, 2.75) is 0 Å². The summed E-state index contributed by atoms with van der Waals surface area (Å²) in [5, 5.41) is 0. The van der Waals surface area contributed by atoms with E-state index in [-0.39, 0.29) is 160 Å². The molecule has 0 heterocycles. The van der Waals surface area contributed by atoms with Crippen LogP contribution in [0.3, 0.4) is 0 Å². The van der Waals surface area contributed by atoms with Gasteiger partial charge in [0.15, 0.2) is 0 Å². The first-order valence-electron chi connectivity index (χ1n) is 0. The number of rotatable bonds is 0. The van der Waals surface area contributed by atoms with E-state index in [1.165, 1.54) is 0 Å². The van der Waals surface area contributed by atoms with Gasteiger partial charge in [-0.25, -0.2) is 0 Å². The van der Waals surface area contributed by atoms with Gasteiger partial charge < -0.3 is 5.48 Å². The molecule has 0 saturated heterocycles. The van der Waals surface area contributed by atoms with Crippen molar-refractivity contribution in [2.75, 3.05) is 0 Å². The van der Waals surface area contributed by atoms with Gasteiger partial charge in [0, 0.05) is 0 Å². The molecule has 0 atom stereocenters. The van der Waals surface area contributed by atoms with Crippen LogP contribution in [0.2, 0.25) is 0 Å². The molecule has 0 unspecified atom stereocenters. The normalized spacial score (nSPS) is 0. The van der Waals surface area contributed by atoms with Crippen LogP contribution in [0.4, 0.5) is 0 Å². The monoisotopic (exact) mass is 133 g/mol. The molecule has 4 heavy (non-hydrogen) atoms. The van der Waals surface area contributed by atoms with Crippen molar-refractivity contribution >= 4 is 0 Å². The summed E-state index contributed by atoms with van der Waals surface area (Å²) in [6.07, 6.45) is 0. The van der Waals surface area contributed by atoms with Crippen LogP contribution in [0.15, 0.2) is 0 Å². The molecule has 0 amide bonds. The average molecular weight is 133 g/mol. The minimum Gasteiger partial charge on any atom is -2.00 e. The van der Waals surface area contributed by atoms with Crippen molar-refractivity contribution in [1.29, 1.82) is 0 Å². The van der Waals surface area contributed by atoms with Crippen molar-refractivity contribution < 1.29 is 160 Å². The van der Waals surface area contributed by atoms with Crippen molar-refractivity contribution in [3.05, 3.63) is 0 Å². The standard InChI is InChI=1S/3K.O/q3*+1;-2. The molecule has 0 aliphatic carbocycles. The van der Waals surface area contributed by atoms with E-state index < -0.39 is 0 Å². The van der Waals surface area contributed by atoms with E-state index in [2.05, 4.69) is 0 Å². The molecule has 0 N–H and O–H groups in total. The van der Waals surface area contributed by atoms with E-state index in [4.69, 9.17) is 0 Å². The summed E-state index contributed by atoms with van der Waals surface area (Å²) < 4.78 is 0. The maximum atomic E-state index is 0. The molecule has 0 rings (SSSR count). The van der Waals surface area contributed by atoms with Crippen molar-refractivity contribution in [3.8, 4) is 0 Å². The molecular formula is K3O+. The topological polar surface area (TPSA) is 28.5 Å². The van der Waals surface area contributed by atoms with Gasteiger partial charge in [-0.15, -0.1) is 0 Å². The van der Waals surface area contributed by atoms with Crippen LogP contribution in [-0.4, -0.2) is 0 Å². The molecule has 0 radical (unpaired) electrons. The van der Waals surface area contributed by atoms with Gasteiger partial charge in [-0.2, -0.15) is 0 Å². The Morgan fingerprint density at radius 2 is 0.500 bits per heavy atom. The van der Waals surface area contributed by atoms with E-state index in [0.29, 0.717) is 0 Å². The number of hydrogen-bond acceptors (Lipinski definition) is 0. The van der Waals surface area contributed by atoms with Gasteiger partial charge >= 0.3 is 154 Å². The predicted octanol–water partition coefficient (Wildman–Crippen LogP) is -9.11. The largest absolute Gasteiger partial charge is 2.00 e. The van der Waals surface area contributed by atoms with E-state index in [0.717, 1.165) is 0 Å². The summed E-state index contributed by atoms with van der Waals surface area (Å²) in [6.45, 7) is 0. The Bertz CT molecular complexity index is 3.25. The van der Waals surface area contributed by atoms with Crippen LogP contribution in [0, 0.1) is 0 Å². The van der Waals surface area contributed by atoms with Gasteiger partial charge in [-0.1, -0.05) is 0 Å². The SMILES string of the molecule is [K+].[K+].[K+].[O-2]. The molecule has 8 valence electrons. The molecule has 0 aliphatic heterocycles. The molecule has 0 bridgehead atoms. The van der Waals surface area contributed by atoms with E-state index in [1.54, 1.807) is 0 Å². The van der Waals surface area contributed by atoms with Crippen LogP contribution in [0.1, 0.15) is 0 Å². The first-order valence-corrected chi connectivity index (χ1v) is 0. The Balaban J connectivity index is 0. The molecule has 0 aromatic carbocycles. The van der Waals surface area contributed by atoms with Gasteiger partial charge in [-0.3, -0.25) is 0 Å². The van der Waals surface area contributed by atoms with Crippen molar-refractivity contribution in [3.63, 3.8) is 0 Å². The maximum Gasteiger partial charge on any atom is 1.00 e. The second-order valence-corrected chi connectivity index (χ2v) is 0.